The molecular formula is C13H20N2O3. The molecule has 2 N–H and O–H groups in total. The summed E-state index contributed by atoms with van der Waals surface area (Å²) in [6.07, 6.45) is 2.77. The molecule has 0 bridgehead atoms. The monoisotopic (exact) mass is 252 g/mol. The maximum Gasteiger partial charge on any atom is 0.408 e. The van der Waals surface area contributed by atoms with E-state index in [4.69, 9.17) is 0 Å². The van der Waals surface area contributed by atoms with Gasteiger partial charge in [0, 0.05) is 17.9 Å². The molecule has 0 aliphatic rings. The zero-order chi connectivity index (χ0) is 13.8. The third-order valence-corrected chi connectivity index (χ3v) is 2.73. The Morgan fingerprint density at radius 3 is 2.33 bits per heavy atom. The molecule has 1 atom stereocenters. The van der Waals surface area contributed by atoms with E-state index >= 15 is 0 Å². The maximum absolute atomic E-state index is 11.3. The average Bonchev–Trinajstić information content (AvgIpc) is 2.27. The van der Waals surface area contributed by atoms with Crippen molar-refractivity contribution >= 4 is 6.09 Å². The third-order valence-electron chi connectivity index (χ3n) is 2.73. The van der Waals surface area contributed by atoms with Crippen molar-refractivity contribution < 1.29 is 15.0 Å². The number of aliphatic hydroxyl groups is 1. The van der Waals surface area contributed by atoms with Crippen LogP contribution in [0.2, 0.25) is 0 Å². The zero-order valence-electron chi connectivity index (χ0n) is 11.0. The highest BCUT2D eigenvalue weighted by atomic mass is 16.4. The van der Waals surface area contributed by atoms with Crippen molar-refractivity contribution in [1.82, 2.24) is 9.88 Å². The summed E-state index contributed by atoms with van der Waals surface area (Å²) in [5, 5.41) is 18.7. The Labute approximate surface area is 107 Å². The van der Waals surface area contributed by atoms with Crippen LogP contribution in [-0.2, 0) is 6.42 Å². The van der Waals surface area contributed by atoms with Crippen molar-refractivity contribution in [3.63, 3.8) is 0 Å². The molecule has 0 radical (unpaired) electrons. The topological polar surface area (TPSA) is 73.7 Å². The van der Waals surface area contributed by atoms with Gasteiger partial charge in [-0.1, -0.05) is 0 Å². The maximum atomic E-state index is 11.3. The van der Waals surface area contributed by atoms with E-state index in [1.54, 1.807) is 12.4 Å². The number of aromatic nitrogens is 1. The van der Waals surface area contributed by atoms with Crippen LogP contribution < -0.4 is 0 Å². The summed E-state index contributed by atoms with van der Waals surface area (Å²) in [4.78, 5) is 16.6. The van der Waals surface area contributed by atoms with Crippen LogP contribution in [0.25, 0.3) is 0 Å². The molecule has 100 valence electrons. The van der Waals surface area contributed by atoms with E-state index in [-0.39, 0.29) is 6.61 Å². The molecule has 0 aromatic carbocycles. The number of carbonyl (C=O) groups is 1. The van der Waals surface area contributed by atoms with Gasteiger partial charge in [0.15, 0.2) is 0 Å². The van der Waals surface area contributed by atoms with Crippen molar-refractivity contribution in [2.24, 2.45) is 0 Å². The molecule has 1 rings (SSSR count). The van der Waals surface area contributed by atoms with Crippen LogP contribution in [0.5, 0.6) is 0 Å². The largest absolute Gasteiger partial charge is 0.465 e. The van der Waals surface area contributed by atoms with Crippen LogP contribution in [0.1, 0.15) is 26.3 Å². The first-order valence-electron chi connectivity index (χ1n) is 5.88. The number of hydrogen-bond acceptors (Lipinski definition) is 3. The van der Waals surface area contributed by atoms with E-state index in [0.717, 1.165) is 5.56 Å². The Morgan fingerprint density at radius 2 is 1.94 bits per heavy atom. The normalized spacial score (nSPS) is 13.1. The van der Waals surface area contributed by atoms with E-state index in [2.05, 4.69) is 4.98 Å². The first-order chi connectivity index (χ1) is 8.36. The predicted molar refractivity (Wildman–Crippen MR) is 68.4 cm³/mol. The minimum atomic E-state index is -1.02. The molecule has 18 heavy (non-hydrogen) atoms. The number of nitrogens with zero attached hydrogens (tertiary/aromatic N) is 2. The van der Waals surface area contributed by atoms with Crippen molar-refractivity contribution in [3.8, 4) is 0 Å². The molecule has 0 aliphatic carbocycles. The SMILES string of the molecule is CC(C)(C)N(C(=O)O)[C@@H](CO)Cc1ccncc1. The lowest BCUT2D eigenvalue weighted by atomic mass is 9.99. The second-order valence-corrected chi connectivity index (χ2v) is 5.22. The summed E-state index contributed by atoms with van der Waals surface area (Å²) in [6.45, 7) is 5.24. The van der Waals surface area contributed by atoms with Crippen molar-refractivity contribution in [3.05, 3.63) is 30.1 Å². The number of hydrogen-bond donors (Lipinski definition) is 2. The summed E-state index contributed by atoms with van der Waals surface area (Å²) in [7, 11) is 0. The Balaban J connectivity index is 2.90. The van der Waals surface area contributed by atoms with E-state index < -0.39 is 17.7 Å². The van der Waals surface area contributed by atoms with Gasteiger partial charge in [0.05, 0.1) is 12.6 Å². The lowest BCUT2D eigenvalue weighted by Gasteiger charge is -2.39. The summed E-state index contributed by atoms with van der Waals surface area (Å²) < 4.78 is 0. The Kier molecular flexibility index (Phi) is 4.67. The van der Waals surface area contributed by atoms with Gasteiger partial charge in [-0.15, -0.1) is 0 Å². The minimum absolute atomic E-state index is 0.202. The molecule has 0 saturated heterocycles. The number of rotatable bonds is 4. The van der Waals surface area contributed by atoms with Crippen LogP contribution in [0.3, 0.4) is 0 Å². The fourth-order valence-electron chi connectivity index (χ4n) is 2.02. The van der Waals surface area contributed by atoms with Gasteiger partial charge in [0.25, 0.3) is 0 Å². The lowest BCUT2D eigenvalue weighted by molar-refractivity contribution is 0.0465. The standard InChI is InChI=1S/C13H20N2O3/c1-13(2,3)15(12(17)18)11(9-16)8-10-4-6-14-7-5-10/h4-7,11,16H,8-9H2,1-3H3,(H,17,18)/t11-/m1/s1. The Bertz CT molecular complexity index is 387. The average molecular weight is 252 g/mol. The highest BCUT2D eigenvalue weighted by molar-refractivity contribution is 5.66. The van der Waals surface area contributed by atoms with Crippen LogP contribution in [0.4, 0.5) is 4.79 Å². The summed E-state index contributed by atoms with van der Waals surface area (Å²) >= 11 is 0. The second kappa shape index (κ2) is 5.82. The molecule has 1 aromatic rings. The molecule has 0 fully saturated rings. The van der Waals surface area contributed by atoms with Gasteiger partial charge in [-0.25, -0.2) is 4.79 Å². The zero-order valence-corrected chi connectivity index (χ0v) is 11.0. The highest BCUT2D eigenvalue weighted by Gasteiger charge is 2.32. The molecule has 1 amide bonds. The fourth-order valence-corrected chi connectivity index (χ4v) is 2.02. The van der Waals surface area contributed by atoms with Crippen molar-refractivity contribution in [1.29, 1.82) is 0 Å². The molecule has 1 heterocycles. The van der Waals surface area contributed by atoms with Gasteiger partial charge >= 0.3 is 6.09 Å². The van der Waals surface area contributed by atoms with Gasteiger partial charge in [-0.05, 0) is 44.9 Å². The first-order valence-corrected chi connectivity index (χ1v) is 5.88. The van der Waals surface area contributed by atoms with Crippen LogP contribution in [0, 0.1) is 0 Å². The molecular weight excluding hydrogens is 232 g/mol. The van der Waals surface area contributed by atoms with Gasteiger partial charge in [0.2, 0.25) is 0 Å². The number of aliphatic hydroxyl groups excluding tert-OH is 1. The highest BCUT2D eigenvalue weighted by Crippen LogP contribution is 2.19. The summed E-state index contributed by atoms with van der Waals surface area (Å²) in [5.41, 5.74) is 0.409. The molecule has 0 aliphatic heterocycles. The molecule has 0 unspecified atom stereocenters. The third kappa shape index (κ3) is 3.70. The molecule has 1 aromatic heterocycles. The Morgan fingerprint density at radius 1 is 1.39 bits per heavy atom. The quantitative estimate of drug-likeness (QED) is 0.856. The fraction of sp³-hybridized carbons (Fsp3) is 0.538. The van der Waals surface area contributed by atoms with Crippen LogP contribution in [0.15, 0.2) is 24.5 Å². The van der Waals surface area contributed by atoms with E-state index in [9.17, 15) is 15.0 Å². The van der Waals surface area contributed by atoms with Gasteiger partial charge in [-0.3, -0.25) is 9.88 Å². The summed E-state index contributed by atoms with van der Waals surface area (Å²) in [5.74, 6) is 0. The first kappa shape index (κ1) is 14.4. The smallest absolute Gasteiger partial charge is 0.408 e. The molecule has 0 spiro atoms. The van der Waals surface area contributed by atoms with Gasteiger partial charge < -0.3 is 10.2 Å². The number of amides is 1. The lowest BCUT2D eigenvalue weighted by Crippen LogP contribution is -2.53. The van der Waals surface area contributed by atoms with Crippen molar-refractivity contribution in [2.45, 2.75) is 38.8 Å². The van der Waals surface area contributed by atoms with E-state index in [1.165, 1.54) is 4.90 Å². The van der Waals surface area contributed by atoms with Crippen molar-refractivity contribution in [2.75, 3.05) is 6.61 Å². The molecule has 5 nitrogen and oxygen atoms in total. The van der Waals surface area contributed by atoms with Crippen LogP contribution >= 0.6 is 0 Å². The predicted octanol–water partition coefficient (Wildman–Crippen LogP) is 1.76. The van der Waals surface area contributed by atoms with Gasteiger partial charge in [0.1, 0.15) is 0 Å². The number of carboxylic acid groups (broad SMARTS) is 1. The van der Waals surface area contributed by atoms with Gasteiger partial charge in [-0.2, -0.15) is 0 Å². The van der Waals surface area contributed by atoms with Crippen LogP contribution in [-0.4, -0.2) is 44.4 Å². The minimum Gasteiger partial charge on any atom is -0.465 e. The second-order valence-electron chi connectivity index (χ2n) is 5.22. The number of pyridine rings is 1. The summed E-state index contributed by atoms with van der Waals surface area (Å²) in [6, 6.07) is 3.20. The van der Waals surface area contributed by atoms with E-state index in [1.807, 2.05) is 32.9 Å². The Hall–Kier alpha value is -1.62. The van der Waals surface area contributed by atoms with E-state index in [0.29, 0.717) is 6.42 Å². The molecule has 5 heteroatoms. The molecule has 0 saturated carbocycles.